The number of anilines is 1. The smallest absolute Gasteiger partial charge is 0.408 e. The second kappa shape index (κ2) is 7.97. The highest BCUT2D eigenvalue weighted by Gasteiger charge is 2.18. The fraction of sp³-hybridized carbons (Fsp3) is 0.211. The Hall–Kier alpha value is -2.93. The second-order valence-corrected chi connectivity index (χ2v) is 6.89. The van der Waals surface area contributed by atoms with Gasteiger partial charge in [-0.3, -0.25) is 4.79 Å². The number of nitrogens with zero attached hydrogens (tertiary/aromatic N) is 1. The van der Waals surface area contributed by atoms with E-state index < -0.39 is 12.1 Å². The molecule has 1 aromatic heterocycles. The van der Waals surface area contributed by atoms with Gasteiger partial charge < -0.3 is 15.4 Å². The average molecular weight is 369 g/mol. The van der Waals surface area contributed by atoms with E-state index in [1.54, 1.807) is 6.92 Å². The van der Waals surface area contributed by atoms with Gasteiger partial charge in [-0.15, -0.1) is 0 Å². The predicted molar refractivity (Wildman–Crippen MR) is 102 cm³/mol. The third-order valence-corrected chi connectivity index (χ3v) is 4.73. The number of aromatic nitrogens is 1. The molecule has 0 bridgehead atoms. The first-order valence-electron chi connectivity index (χ1n) is 8.17. The summed E-state index contributed by atoms with van der Waals surface area (Å²) in [6, 6.07) is 14.5. The third-order valence-electron chi connectivity index (χ3n) is 3.79. The number of hydrogen-bond acceptors (Lipinski definition) is 5. The van der Waals surface area contributed by atoms with E-state index >= 15 is 0 Å². The molecule has 0 saturated heterocycles. The van der Waals surface area contributed by atoms with E-state index in [2.05, 4.69) is 15.6 Å². The summed E-state index contributed by atoms with van der Waals surface area (Å²) in [4.78, 5) is 28.5. The van der Waals surface area contributed by atoms with Gasteiger partial charge in [0.15, 0.2) is 5.13 Å². The molecule has 2 N–H and O–H groups in total. The third kappa shape index (κ3) is 4.37. The molecule has 3 rings (SSSR count). The SMILES string of the molecule is Cc1cccc2sc(NC(=O)[C@@H](C)NC(=O)OCc3ccccc3)nc12. The number of rotatable bonds is 5. The van der Waals surface area contributed by atoms with Crippen LogP contribution < -0.4 is 10.6 Å². The van der Waals surface area contributed by atoms with Crippen molar-refractivity contribution in [2.75, 3.05) is 5.32 Å². The molecule has 134 valence electrons. The van der Waals surface area contributed by atoms with Crippen molar-refractivity contribution in [2.45, 2.75) is 26.5 Å². The van der Waals surface area contributed by atoms with Gasteiger partial charge in [0.25, 0.3) is 0 Å². The number of ether oxygens (including phenoxy) is 1. The molecule has 7 heteroatoms. The van der Waals surface area contributed by atoms with Crippen LogP contribution in [0.4, 0.5) is 9.93 Å². The zero-order valence-corrected chi connectivity index (χ0v) is 15.3. The molecule has 0 aliphatic carbocycles. The molecular formula is C19H19N3O3S. The summed E-state index contributed by atoms with van der Waals surface area (Å²) in [5.74, 6) is -0.349. The quantitative estimate of drug-likeness (QED) is 0.716. The normalized spacial score (nSPS) is 11.8. The molecular weight excluding hydrogens is 350 g/mol. The molecule has 1 atom stereocenters. The van der Waals surface area contributed by atoms with Crippen molar-refractivity contribution in [1.29, 1.82) is 0 Å². The molecule has 26 heavy (non-hydrogen) atoms. The van der Waals surface area contributed by atoms with Gasteiger partial charge in [-0.25, -0.2) is 9.78 Å². The van der Waals surface area contributed by atoms with E-state index in [-0.39, 0.29) is 12.5 Å². The molecule has 2 amide bonds. The summed E-state index contributed by atoms with van der Waals surface area (Å²) >= 11 is 1.40. The monoisotopic (exact) mass is 369 g/mol. The lowest BCUT2D eigenvalue weighted by atomic mass is 10.2. The Labute approximate surface area is 155 Å². The highest BCUT2D eigenvalue weighted by molar-refractivity contribution is 7.22. The molecule has 0 saturated carbocycles. The fourth-order valence-corrected chi connectivity index (χ4v) is 3.31. The van der Waals surface area contributed by atoms with Crippen LogP contribution in [0.3, 0.4) is 0 Å². The number of alkyl carbamates (subject to hydrolysis) is 1. The maximum atomic E-state index is 12.3. The van der Waals surface area contributed by atoms with Crippen molar-refractivity contribution in [3.8, 4) is 0 Å². The zero-order valence-electron chi connectivity index (χ0n) is 14.5. The van der Waals surface area contributed by atoms with E-state index in [9.17, 15) is 9.59 Å². The van der Waals surface area contributed by atoms with Crippen molar-refractivity contribution < 1.29 is 14.3 Å². The van der Waals surface area contributed by atoms with Crippen LogP contribution in [0, 0.1) is 6.92 Å². The molecule has 0 radical (unpaired) electrons. The Kier molecular flexibility index (Phi) is 5.48. The van der Waals surface area contributed by atoms with Gasteiger partial charge >= 0.3 is 6.09 Å². The summed E-state index contributed by atoms with van der Waals surface area (Å²) in [5.41, 5.74) is 2.80. The Morgan fingerprint density at radius 3 is 2.65 bits per heavy atom. The van der Waals surface area contributed by atoms with Gasteiger partial charge in [0, 0.05) is 0 Å². The minimum atomic E-state index is -0.744. The van der Waals surface area contributed by atoms with Crippen molar-refractivity contribution in [1.82, 2.24) is 10.3 Å². The first-order chi connectivity index (χ1) is 12.5. The van der Waals surface area contributed by atoms with Gasteiger partial charge in [0.1, 0.15) is 12.6 Å². The summed E-state index contributed by atoms with van der Waals surface area (Å²) in [6.45, 7) is 3.72. The van der Waals surface area contributed by atoms with E-state index in [1.807, 2.05) is 55.5 Å². The summed E-state index contributed by atoms with van der Waals surface area (Å²) < 4.78 is 6.12. The number of para-hydroxylation sites is 1. The Morgan fingerprint density at radius 1 is 1.15 bits per heavy atom. The van der Waals surface area contributed by atoms with Crippen LogP contribution in [-0.2, 0) is 16.1 Å². The standard InChI is InChI=1S/C19H19N3O3S/c1-12-7-6-10-15-16(12)21-18(26-15)22-17(23)13(2)20-19(24)25-11-14-8-4-3-5-9-14/h3-10,13H,11H2,1-2H3,(H,20,24)(H,21,22,23)/t13-/m1/s1. The molecule has 3 aromatic rings. The summed E-state index contributed by atoms with van der Waals surface area (Å²) in [6.07, 6.45) is -0.642. The predicted octanol–water partition coefficient (Wildman–Crippen LogP) is 3.86. The molecule has 6 nitrogen and oxygen atoms in total. The van der Waals surface area contributed by atoms with Crippen molar-refractivity contribution >= 4 is 38.7 Å². The first kappa shape index (κ1) is 17.9. The topological polar surface area (TPSA) is 80.3 Å². The van der Waals surface area contributed by atoms with E-state index in [4.69, 9.17) is 4.74 Å². The molecule has 1 heterocycles. The summed E-state index contributed by atoms with van der Waals surface area (Å²) in [5, 5.41) is 5.76. The van der Waals surface area contributed by atoms with E-state index in [0.29, 0.717) is 5.13 Å². The van der Waals surface area contributed by atoms with E-state index in [0.717, 1.165) is 21.3 Å². The minimum Gasteiger partial charge on any atom is -0.445 e. The number of thiazole rings is 1. The van der Waals surface area contributed by atoms with E-state index in [1.165, 1.54) is 11.3 Å². The minimum absolute atomic E-state index is 0.151. The maximum Gasteiger partial charge on any atom is 0.408 e. The number of benzene rings is 2. The van der Waals surface area contributed by atoms with Crippen LogP contribution >= 0.6 is 11.3 Å². The van der Waals surface area contributed by atoms with Gasteiger partial charge in [-0.2, -0.15) is 0 Å². The highest BCUT2D eigenvalue weighted by Crippen LogP contribution is 2.27. The molecule has 0 unspecified atom stereocenters. The zero-order chi connectivity index (χ0) is 18.5. The molecule has 2 aromatic carbocycles. The lowest BCUT2D eigenvalue weighted by molar-refractivity contribution is -0.117. The first-order valence-corrected chi connectivity index (χ1v) is 8.99. The highest BCUT2D eigenvalue weighted by atomic mass is 32.1. The maximum absolute atomic E-state index is 12.3. The Bertz CT molecular complexity index is 924. The number of amides is 2. The van der Waals surface area contributed by atoms with Gasteiger partial charge in [0.05, 0.1) is 10.2 Å². The second-order valence-electron chi connectivity index (χ2n) is 5.86. The number of carbonyl (C=O) groups excluding carboxylic acids is 2. The molecule has 0 aliphatic heterocycles. The Morgan fingerprint density at radius 2 is 1.92 bits per heavy atom. The van der Waals surface area contributed by atoms with Crippen LogP contribution in [0.25, 0.3) is 10.2 Å². The number of fused-ring (bicyclic) bond motifs is 1. The molecule has 0 aliphatic rings. The van der Waals surface area contributed by atoms with Crippen LogP contribution in [0.2, 0.25) is 0 Å². The van der Waals surface area contributed by atoms with Crippen LogP contribution in [0.5, 0.6) is 0 Å². The molecule has 0 spiro atoms. The Balaban J connectivity index is 1.53. The van der Waals surface area contributed by atoms with Gasteiger partial charge in [-0.05, 0) is 31.0 Å². The van der Waals surface area contributed by atoms with Crippen LogP contribution in [0.1, 0.15) is 18.1 Å². The lowest BCUT2D eigenvalue weighted by Crippen LogP contribution is -2.41. The number of aryl methyl sites for hydroxylation is 1. The van der Waals surface area contributed by atoms with Crippen molar-refractivity contribution in [3.63, 3.8) is 0 Å². The van der Waals surface area contributed by atoms with Gasteiger partial charge in [-0.1, -0.05) is 53.8 Å². The van der Waals surface area contributed by atoms with Crippen molar-refractivity contribution in [3.05, 3.63) is 59.7 Å². The van der Waals surface area contributed by atoms with Crippen LogP contribution in [0.15, 0.2) is 48.5 Å². The van der Waals surface area contributed by atoms with Crippen LogP contribution in [-0.4, -0.2) is 23.0 Å². The largest absolute Gasteiger partial charge is 0.445 e. The number of carbonyl (C=O) groups is 2. The average Bonchev–Trinajstić information content (AvgIpc) is 3.04. The van der Waals surface area contributed by atoms with Gasteiger partial charge in [0.2, 0.25) is 5.91 Å². The number of nitrogens with one attached hydrogen (secondary N) is 2. The summed E-state index contributed by atoms with van der Waals surface area (Å²) in [7, 11) is 0. The molecule has 0 fully saturated rings. The lowest BCUT2D eigenvalue weighted by Gasteiger charge is -2.13. The van der Waals surface area contributed by atoms with Crippen molar-refractivity contribution in [2.24, 2.45) is 0 Å². The number of hydrogen-bond donors (Lipinski definition) is 2. The fourth-order valence-electron chi connectivity index (χ4n) is 2.36.